The average Bonchev–Trinajstić information content (AvgIpc) is 3.15. The fraction of sp³-hybridized carbons (Fsp3) is 0.875. The van der Waals surface area contributed by atoms with Crippen molar-refractivity contribution in [1.29, 1.82) is 0 Å². The molecule has 2 atom stereocenters. The summed E-state index contributed by atoms with van der Waals surface area (Å²) in [6, 6.07) is -0.657. The molecule has 1 saturated carbocycles. The molecule has 1 aliphatic rings. The summed E-state index contributed by atoms with van der Waals surface area (Å²) in [4.78, 5) is 21.4. The SMILES string of the molecule is CC(C)C1(CCCC(C)(N)CN[C@H](C=O)CC(=O)O)CC1. The molecular weight excluding hydrogens is 268 g/mol. The average molecular weight is 298 g/mol. The first-order valence-electron chi connectivity index (χ1n) is 7.90. The molecule has 0 radical (unpaired) electrons. The standard InChI is InChI=1S/C16H30N2O3/c1-12(2)16(7-8-16)6-4-5-15(3,17)11-18-13(10-19)9-14(20)21/h10,12-13,18H,4-9,11,17H2,1-3H3,(H,20,21)/t13-,15?/m0/s1. The summed E-state index contributed by atoms with van der Waals surface area (Å²) in [5.41, 5.74) is 6.38. The van der Waals surface area contributed by atoms with E-state index in [1.54, 1.807) is 0 Å². The Labute approximate surface area is 127 Å². The van der Waals surface area contributed by atoms with Gasteiger partial charge in [-0.1, -0.05) is 20.3 Å². The summed E-state index contributed by atoms with van der Waals surface area (Å²) in [7, 11) is 0. The van der Waals surface area contributed by atoms with Gasteiger partial charge in [0, 0.05) is 12.1 Å². The van der Waals surface area contributed by atoms with Gasteiger partial charge in [-0.05, 0) is 43.9 Å². The Kier molecular flexibility index (Phi) is 6.35. The molecule has 0 saturated heterocycles. The van der Waals surface area contributed by atoms with Crippen molar-refractivity contribution in [2.75, 3.05) is 6.54 Å². The molecule has 0 spiro atoms. The van der Waals surface area contributed by atoms with Gasteiger partial charge in [0.15, 0.2) is 0 Å². The van der Waals surface area contributed by atoms with Gasteiger partial charge in [0.2, 0.25) is 0 Å². The molecule has 5 heteroatoms. The van der Waals surface area contributed by atoms with E-state index in [4.69, 9.17) is 10.8 Å². The van der Waals surface area contributed by atoms with Gasteiger partial charge in [-0.3, -0.25) is 4.79 Å². The Morgan fingerprint density at radius 3 is 2.52 bits per heavy atom. The Morgan fingerprint density at radius 2 is 2.10 bits per heavy atom. The number of nitrogens with one attached hydrogen (secondary N) is 1. The van der Waals surface area contributed by atoms with E-state index in [2.05, 4.69) is 19.2 Å². The predicted octanol–water partition coefficient (Wildman–Crippen LogP) is 1.94. The summed E-state index contributed by atoms with van der Waals surface area (Å²) in [5.74, 6) is -0.249. The van der Waals surface area contributed by atoms with Crippen LogP contribution in [0.25, 0.3) is 0 Å². The van der Waals surface area contributed by atoms with Gasteiger partial charge >= 0.3 is 5.97 Å². The number of hydrogen-bond donors (Lipinski definition) is 3. The van der Waals surface area contributed by atoms with Gasteiger partial charge in [0.1, 0.15) is 6.29 Å². The summed E-state index contributed by atoms with van der Waals surface area (Å²) < 4.78 is 0. The summed E-state index contributed by atoms with van der Waals surface area (Å²) in [6.07, 6.45) is 6.28. The fourth-order valence-electron chi connectivity index (χ4n) is 2.93. The molecule has 0 aromatic heterocycles. The lowest BCUT2D eigenvalue weighted by Gasteiger charge is -2.28. The normalized spacial score (nSPS) is 20.8. The highest BCUT2D eigenvalue weighted by atomic mass is 16.4. The number of nitrogens with two attached hydrogens (primary N) is 1. The third kappa shape index (κ3) is 6.14. The Hall–Kier alpha value is -0.940. The maximum absolute atomic E-state index is 10.8. The number of aliphatic carboxylic acids is 1. The molecule has 21 heavy (non-hydrogen) atoms. The molecule has 1 rings (SSSR count). The summed E-state index contributed by atoms with van der Waals surface area (Å²) >= 11 is 0. The van der Waals surface area contributed by atoms with Crippen molar-refractivity contribution < 1.29 is 14.7 Å². The van der Waals surface area contributed by atoms with Crippen LogP contribution in [0.5, 0.6) is 0 Å². The smallest absolute Gasteiger partial charge is 0.305 e. The summed E-state index contributed by atoms with van der Waals surface area (Å²) in [5, 5.41) is 11.7. The van der Waals surface area contributed by atoms with E-state index in [1.165, 1.54) is 19.3 Å². The lowest BCUT2D eigenvalue weighted by atomic mass is 9.85. The van der Waals surface area contributed by atoms with Crippen molar-refractivity contribution in [1.82, 2.24) is 5.32 Å². The third-order valence-electron chi connectivity index (χ3n) is 4.87. The molecule has 0 aromatic rings. The van der Waals surface area contributed by atoms with Crippen LogP contribution in [-0.4, -0.2) is 35.5 Å². The molecular formula is C16H30N2O3. The van der Waals surface area contributed by atoms with E-state index >= 15 is 0 Å². The van der Waals surface area contributed by atoms with Gasteiger partial charge in [0.25, 0.3) is 0 Å². The quantitative estimate of drug-likeness (QED) is 0.507. The van der Waals surface area contributed by atoms with E-state index in [9.17, 15) is 9.59 Å². The van der Waals surface area contributed by atoms with Crippen molar-refractivity contribution in [3.05, 3.63) is 0 Å². The second-order valence-corrected chi connectivity index (χ2v) is 7.25. The molecule has 4 N–H and O–H groups in total. The van der Waals surface area contributed by atoms with E-state index in [0.717, 1.165) is 18.8 Å². The van der Waals surface area contributed by atoms with Crippen molar-refractivity contribution >= 4 is 12.3 Å². The van der Waals surface area contributed by atoms with Gasteiger partial charge in [0.05, 0.1) is 12.5 Å². The zero-order valence-electron chi connectivity index (χ0n) is 13.5. The highest BCUT2D eigenvalue weighted by Crippen LogP contribution is 2.55. The zero-order chi connectivity index (χ0) is 16.1. The van der Waals surface area contributed by atoms with Crippen LogP contribution in [0.2, 0.25) is 0 Å². The third-order valence-corrected chi connectivity index (χ3v) is 4.87. The number of carbonyl (C=O) groups excluding carboxylic acids is 1. The minimum Gasteiger partial charge on any atom is -0.481 e. The van der Waals surface area contributed by atoms with Gasteiger partial charge in [-0.15, -0.1) is 0 Å². The van der Waals surface area contributed by atoms with Crippen molar-refractivity contribution in [2.45, 2.75) is 70.9 Å². The Bertz CT molecular complexity index is 363. The fourth-order valence-corrected chi connectivity index (χ4v) is 2.93. The van der Waals surface area contributed by atoms with Gasteiger partial charge in [-0.25, -0.2) is 0 Å². The van der Waals surface area contributed by atoms with Crippen LogP contribution in [-0.2, 0) is 9.59 Å². The molecule has 0 amide bonds. The van der Waals surface area contributed by atoms with Crippen LogP contribution in [0.3, 0.4) is 0 Å². The molecule has 1 fully saturated rings. The van der Waals surface area contributed by atoms with Crippen LogP contribution in [0.4, 0.5) is 0 Å². The van der Waals surface area contributed by atoms with E-state index in [1.807, 2.05) is 6.92 Å². The van der Waals surface area contributed by atoms with Crippen LogP contribution in [0.15, 0.2) is 0 Å². The number of carboxylic acids is 1. The molecule has 0 heterocycles. The molecule has 1 aliphatic carbocycles. The molecule has 1 unspecified atom stereocenters. The largest absolute Gasteiger partial charge is 0.481 e. The number of carboxylic acid groups (broad SMARTS) is 1. The molecule has 122 valence electrons. The first-order valence-corrected chi connectivity index (χ1v) is 7.90. The lowest BCUT2D eigenvalue weighted by molar-refractivity contribution is -0.138. The lowest BCUT2D eigenvalue weighted by Crippen LogP contribution is -2.49. The molecule has 0 aromatic carbocycles. The minimum absolute atomic E-state index is 0.198. The first-order chi connectivity index (χ1) is 9.71. The number of carbonyl (C=O) groups is 2. The molecule has 0 aliphatic heterocycles. The topological polar surface area (TPSA) is 92.4 Å². The highest BCUT2D eigenvalue weighted by Gasteiger charge is 2.44. The maximum atomic E-state index is 10.8. The van der Waals surface area contributed by atoms with Crippen molar-refractivity contribution in [2.24, 2.45) is 17.1 Å². The monoisotopic (exact) mass is 298 g/mol. The molecule has 5 nitrogen and oxygen atoms in total. The van der Waals surface area contributed by atoms with E-state index in [0.29, 0.717) is 18.2 Å². The maximum Gasteiger partial charge on any atom is 0.305 e. The first kappa shape index (κ1) is 18.1. The second-order valence-electron chi connectivity index (χ2n) is 7.25. The van der Waals surface area contributed by atoms with E-state index in [-0.39, 0.29) is 6.42 Å². The highest BCUT2D eigenvalue weighted by molar-refractivity contribution is 5.73. The summed E-state index contributed by atoms with van der Waals surface area (Å²) in [6.45, 7) is 6.99. The van der Waals surface area contributed by atoms with Crippen molar-refractivity contribution in [3.8, 4) is 0 Å². The Balaban J connectivity index is 2.29. The van der Waals surface area contributed by atoms with Gasteiger partial charge in [-0.2, -0.15) is 0 Å². The van der Waals surface area contributed by atoms with Crippen LogP contribution in [0, 0.1) is 11.3 Å². The van der Waals surface area contributed by atoms with Crippen LogP contribution in [0.1, 0.15) is 59.3 Å². The zero-order valence-corrected chi connectivity index (χ0v) is 13.5. The Morgan fingerprint density at radius 1 is 1.48 bits per heavy atom. The van der Waals surface area contributed by atoms with Gasteiger partial charge < -0.3 is 21.0 Å². The number of aldehydes is 1. The van der Waals surface area contributed by atoms with E-state index < -0.39 is 17.6 Å². The number of rotatable bonds is 11. The van der Waals surface area contributed by atoms with Crippen LogP contribution < -0.4 is 11.1 Å². The second kappa shape index (κ2) is 7.36. The van der Waals surface area contributed by atoms with Crippen LogP contribution >= 0.6 is 0 Å². The number of hydrogen-bond acceptors (Lipinski definition) is 4. The predicted molar refractivity (Wildman–Crippen MR) is 83.1 cm³/mol. The minimum atomic E-state index is -0.981. The van der Waals surface area contributed by atoms with Crippen molar-refractivity contribution in [3.63, 3.8) is 0 Å². The molecule has 0 bridgehead atoms.